The van der Waals surface area contributed by atoms with E-state index in [2.05, 4.69) is 4.98 Å². The molecular weight excluding hydrogens is 186 g/mol. The van der Waals surface area contributed by atoms with Gasteiger partial charge in [0.25, 0.3) is 0 Å². The fraction of sp³-hybridized carbons (Fsp3) is 0.308. The smallest absolute Gasteiger partial charge is 0.0872 e. The number of benzene rings is 1. The van der Waals surface area contributed by atoms with Crippen molar-refractivity contribution in [1.82, 2.24) is 4.98 Å². The van der Waals surface area contributed by atoms with Crippen molar-refractivity contribution < 1.29 is 5.11 Å². The number of aromatic nitrogens is 1. The van der Waals surface area contributed by atoms with Crippen molar-refractivity contribution in [3.8, 4) is 0 Å². The maximum atomic E-state index is 10.3. The zero-order valence-corrected chi connectivity index (χ0v) is 9.07. The van der Waals surface area contributed by atoms with Gasteiger partial charge in [0.05, 0.1) is 5.60 Å². The fourth-order valence-corrected chi connectivity index (χ4v) is 1.77. The van der Waals surface area contributed by atoms with Crippen LogP contribution in [0.1, 0.15) is 25.8 Å². The standard InChI is InChI=1S/C13H15NO/c1-3-13(2,15)12-6-4-5-10-7-8-14-9-11(10)12/h4-9,15H,3H2,1-2H3. The first-order valence-corrected chi connectivity index (χ1v) is 5.21. The molecule has 2 nitrogen and oxygen atoms in total. The topological polar surface area (TPSA) is 33.1 Å². The molecule has 0 fully saturated rings. The average molecular weight is 201 g/mol. The number of nitrogens with zero attached hydrogens (tertiary/aromatic N) is 1. The molecule has 1 N–H and O–H groups in total. The summed E-state index contributed by atoms with van der Waals surface area (Å²) in [6.07, 6.45) is 4.28. The zero-order valence-electron chi connectivity index (χ0n) is 9.07. The second kappa shape index (κ2) is 3.63. The lowest BCUT2D eigenvalue weighted by Crippen LogP contribution is -2.19. The molecule has 0 radical (unpaired) electrons. The predicted octanol–water partition coefficient (Wildman–Crippen LogP) is 2.85. The SMILES string of the molecule is CCC(C)(O)c1cccc2ccncc12. The monoisotopic (exact) mass is 201 g/mol. The van der Waals surface area contributed by atoms with Crippen molar-refractivity contribution in [2.45, 2.75) is 25.9 Å². The van der Waals surface area contributed by atoms with Crippen LogP contribution in [-0.2, 0) is 5.60 Å². The third kappa shape index (κ3) is 1.73. The summed E-state index contributed by atoms with van der Waals surface area (Å²) < 4.78 is 0. The van der Waals surface area contributed by atoms with Gasteiger partial charge in [-0.25, -0.2) is 0 Å². The van der Waals surface area contributed by atoms with Crippen molar-refractivity contribution in [2.24, 2.45) is 0 Å². The summed E-state index contributed by atoms with van der Waals surface area (Å²) in [6.45, 7) is 3.82. The molecule has 0 amide bonds. The van der Waals surface area contributed by atoms with Crippen LogP contribution in [0.5, 0.6) is 0 Å². The number of fused-ring (bicyclic) bond motifs is 1. The quantitative estimate of drug-likeness (QED) is 0.810. The number of rotatable bonds is 2. The lowest BCUT2D eigenvalue weighted by Gasteiger charge is -2.23. The van der Waals surface area contributed by atoms with E-state index in [1.807, 2.05) is 44.3 Å². The Hall–Kier alpha value is -1.41. The maximum Gasteiger partial charge on any atom is 0.0872 e. The van der Waals surface area contributed by atoms with E-state index in [4.69, 9.17) is 0 Å². The second-order valence-corrected chi connectivity index (χ2v) is 4.03. The minimum absolute atomic E-state index is 0.695. The Morgan fingerprint density at radius 2 is 2.13 bits per heavy atom. The van der Waals surface area contributed by atoms with Crippen molar-refractivity contribution in [1.29, 1.82) is 0 Å². The van der Waals surface area contributed by atoms with E-state index in [1.54, 1.807) is 6.20 Å². The van der Waals surface area contributed by atoms with Crippen molar-refractivity contribution in [2.75, 3.05) is 0 Å². The highest BCUT2D eigenvalue weighted by molar-refractivity contribution is 5.85. The van der Waals surface area contributed by atoms with E-state index in [0.29, 0.717) is 6.42 Å². The van der Waals surface area contributed by atoms with Crippen LogP contribution >= 0.6 is 0 Å². The van der Waals surface area contributed by atoms with Gasteiger partial charge in [-0.1, -0.05) is 25.1 Å². The molecule has 0 spiro atoms. The Kier molecular flexibility index (Phi) is 2.45. The lowest BCUT2D eigenvalue weighted by atomic mass is 9.90. The number of hydrogen-bond donors (Lipinski definition) is 1. The highest BCUT2D eigenvalue weighted by Crippen LogP contribution is 2.30. The van der Waals surface area contributed by atoms with Crippen LogP contribution < -0.4 is 0 Å². The molecule has 1 atom stereocenters. The molecule has 0 saturated heterocycles. The molecule has 78 valence electrons. The van der Waals surface area contributed by atoms with Crippen LogP contribution in [0.3, 0.4) is 0 Å². The van der Waals surface area contributed by atoms with Gasteiger partial charge in [0.2, 0.25) is 0 Å². The first kappa shape index (κ1) is 10.1. The third-order valence-electron chi connectivity index (χ3n) is 2.95. The van der Waals surface area contributed by atoms with Gasteiger partial charge in [0.15, 0.2) is 0 Å². The Bertz CT molecular complexity index is 471. The maximum absolute atomic E-state index is 10.3. The Balaban J connectivity index is 2.71. The molecule has 2 heteroatoms. The summed E-state index contributed by atoms with van der Waals surface area (Å²) in [4.78, 5) is 4.11. The molecular formula is C13H15NO. The zero-order chi connectivity index (χ0) is 10.9. The molecule has 0 bridgehead atoms. The van der Waals surface area contributed by atoms with Crippen molar-refractivity contribution >= 4 is 10.8 Å². The molecule has 1 heterocycles. The van der Waals surface area contributed by atoms with Gasteiger partial charge in [-0.15, -0.1) is 0 Å². The van der Waals surface area contributed by atoms with Gasteiger partial charge in [-0.05, 0) is 30.4 Å². The van der Waals surface area contributed by atoms with Crippen LogP contribution in [0.2, 0.25) is 0 Å². The first-order valence-electron chi connectivity index (χ1n) is 5.21. The van der Waals surface area contributed by atoms with Gasteiger partial charge in [-0.2, -0.15) is 0 Å². The van der Waals surface area contributed by atoms with Crippen LogP contribution in [0.4, 0.5) is 0 Å². The molecule has 1 aromatic heterocycles. The van der Waals surface area contributed by atoms with E-state index in [1.165, 1.54) is 0 Å². The minimum atomic E-state index is -0.775. The van der Waals surface area contributed by atoms with Crippen molar-refractivity contribution in [3.05, 3.63) is 42.2 Å². The fourth-order valence-electron chi connectivity index (χ4n) is 1.77. The molecule has 0 aliphatic carbocycles. The van der Waals surface area contributed by atoms with Crippen molar-refractivity contribution in [3.63, 3.8) is 0 Å². The molecule has 1 unspecified atom stereocenters. The lowest BCUT2D eigenvalue weighted by molar-refractivity contribution is 0.0546. The van der Waals surface area contributed by atoms with E-state index in [9.17, 15) is 5.11 Å². The summed E-state index contributed by atoms with van der Waals surface area (Å²) in [6, 6.07) is 7.94. The summed E-state index contributed by atoms with van der Waals surface area (Å²) >= 11 is 0. The normalized spacial score (nSPS) is 15.1. The second-order valence-electron chi connectivity index (χ2n) is 4.03. The Labute approximate surface area is 89.6 Å². The van der Waals surface area contributed by atoms with Gasteiger partial charge < -0.3 is 5.11 Å². The van der Waals surface area contributed by atoms with Gasteiger partial charge in [-0.3, -0.25) is 4.98 Å². The van der Waals surface area contributed by atoms with Crippen LogP contribution in [0.25, 0.3) is 10.8 Å². The van der Waals surface area contributed by atoms with E-state index >= 15 is 0 Å². The van der Waals surface area contributed by atoms with E-state index in [0.717, 1.165) is 16.3 Å². The van der Waals surface area contributed by atoms with Gasteiger partial charge in [0, 0.05) is 17.8 Å². The summed E-state index contributed by atoms with van der Waals surface area (Å²) in [5, 5.41) is 12.4. The van der Waals surface area contributed by atoms with E-state index in [-0.39, 0.29) is 0 Å². The highest BCUT2D eigenvalue weighted by atomic mass is 16.3. The summed E-state index contributed by atoms with van der Waals surface area (Å²) in [5.74, 6) is 0. The third-order valence-corrected chi connectivity index (χ3v) is 2.95. The molecule has 0 aliphatic rings. The number of hydrogen-bond acceptors (Lipinski definition) is 2. The minimum Gasteiger partial charge on any atom is -0.385 e. The number of aliphatic hydroxyl groups is 1. The Morgan fingerprint density at radius 1 is 1.33 bits per heavy atom. The molecule has 0 saturated carbocycles. The van der Waals surface area contributed by atoms with Crippen LogP contribution in [0.15, 0.2) is 36.7 Å². The molecule has 2 aromatic rings. The number of pyridine rings is 1. The average Bonchev–Trinajstić information content (AvgIpc) is 2.28. The van der Waals surface area contributed by atoms with E-state index < -0.39 is 5.60 Å². The largest absolute Gasteiger partial charge is 0.385 e. The van der Waals surface area contributed by atoms with Gasteiger partial charge in [0.1, 0.15) is 0 Å². The van der Waals surface area contributed by atoms with Crippen LogP contribution in [0, 0.1) is 0 Å². The highest BCUT2D eigenvalue weighted by Gasteiger charge is 2.22. The molecule has 1 aromatic carbocycles. The predicted molar refractivity (Wildman–Crippen MR) is 61.6 cm³/mol. The molecule has 2 rings (SSSR count). The summed E-state index contributed by atoms with van der Waals surface area (Å²) in [7, 11) is 0. The Morgan fingerprint density at radius 3 is 2.87 bits per heavy atom. The molecule has 0 aliphatic heterocycles. The first-order chi connectivity index (χ1) is 7.15. The molecule has 15 heavy (non-hydrogen) atoms. The van der Waals surface area contributed by atoms with Gasteiger partial charge >= 0.3 is 0 Å². The summed E-state index contributed by atoms with van der Waals surface area (Å²) in [5.41, 5.74) is 0.179. The van der Waals surface area contributed by atoms with Crippen LogP contribution in [-0.4, -0.2) is 10.1 Å².